The van der Waals surface area contributed by atoms with E-state index in [-0.39, 0.29) is 35.1 Å². The summed E-state index contributed by atoms with van der Waals surface area (Å²) >= 11 is 0. The van der Waals surface area contributed by atoms with E-state index in [9.17, 15) is 19.7 Å². The molecule has 0 radical (unpaired) electrons. The molecule has 1 aromatic heterocycles. The van der Waals surface area contributed by atoms with E-state index in [4.69, 9.17) is 9.47 Å². The van der Waals surface area contributed by atoms with Crippen LogP contribution in [-0.4, -0.2) is 35.5 Å². The number of methoxy groups -OCH3 is 1. The second-order valence-electron chi connectivity index (χ2n) is 4.72. The summed E-state index contributed by atoms with van der Waals surface area (Å²) in [5.41, 5.74) is -0.442. The highest BCUT2D eigenvalue weighted by atomic mass is 16.6. The first-order valence-electron chi connectivity index (χ1n) is 7.24. The molecule has 0 saturated heterocycles. The van der Waals surface area contributed by atoms with Gasteiger partial charge in [-0.25, -0.2) is 9.78 Å². The number of anilines is 1. The maximum absolute atomic E-state index is 12.3. The standard InChI is InChI=1S/C16H15N3O6/c1-3-25-16(21)13-6-4-5-12(17-13)15(20)18-11-8-7-10(24-2)9-14(11)19(22)23/h4-9H,3H2,1-2H3,(H,18,20). The molecule has 1 heterocycles. The lowest BCUT2D eigenvalue weighted by Gasteiger charge is -2.08. The summed E-state index contributed by atoms with van der Waals surface area (Å²) in [6, 6.07) is 8.28. The molecule has 0 aliphatic carbocycles. The Morgan fingerprint density at radius 3 is 2.60 bits per heavy atom. The van der Waals surface area contributed by atoms with Gasteiger partial charge in [-0.1, -0.05) is 6.07 Å². The number of aromatic nitrogens is 1. The number of amides is 1. The van der Waals surface area contributed by atoms with Gasteiger partial charge in [0, 0.05) is 0 Å². The molecule has 0 aliphatic heterocycles. The van der Waals surface area contributed by atoms with Crippen LogP contribution in [-0.2, 0) is 4.74 Å². The molecule has 0 aliphatic rings. The first-order valence-corrected chi connectivity index (χ1v) is 7.24. The van der Waals surface area contributed by atoms with Gasteiger partial charge in [0.05, 0.1) is 24.7 Å². The van der Waals surface area contributed by atoms with Crippen molar-refractivity contribution in [3.63, 3.8) is 0 Å². The predicted molar refractivity (Wildman–Crippen MR) is 87.8 cm³/mol. The molecule has 0 unspecified atom stereocenters. The zero-order valence-electron chi connectivity index (χ0n) is 13.5. The number of nitrogens with one attached hydrogen (secondary N) is 1. The number of esters is 1. The van der Waals surface area contributed by atoms with Crippen molar-refractivity contribution >= 4 is 23.3 Å². The summed E-state index contributed by atoms with van der Waals surface area (Å²) in [5.74, 6) is -1.07. The first kappa shape index (κ1) is 17.9. The van der Waals surface area contributed by atoms with E-state index in [1.54, 1.807) is 6.92 Å². The molecular formula is C16H15N3O6. The van der Waals surface area contributed by atoms with Gasteiger partial charge in [-0.3, -0.25) is 14.9 Å². The SMILES string of the molecule is CCOC(=O)c1cccc(C(=O)Nc2ccc(OC)cc2[N+](=O)[O-])n1. The summed E-state index contributed by atoms with van der Waals surface area (Å²) in [4.78, 5) is 38.4. The Balaban J connectivity index is 2.27. The monoisotopic (exact) mass is 345 g/mol. The van der Waals surface area contributed by atoms with E-state index < -0.39 is 16.8 Å². The number of ether oxygens (including phenoxy) is 2. The number of pyridine rings is 1. The maximum atomic E-state index is 12.3. The van der Waals surface area contributed by atoms with Gasteiger partial charge in [0.1, 0.15) is 22.8 Å². The van der Waals surface area contributed by atoms with E-state index in [1.165, 1.54) is 43.5 Å². The minimum absolute atomic E-state index is 0.0147. The van der Waals surface area contributed by atoms with Crippen LogP contribution in [0.5, 0.6) is 5.75 Å². The molecule has 0 atom stereocenters. The second-order valence-corrected chi connectivity index (χ2v) is 4.72. The Bertz CT molecular complexity index is 821. The largest absolute Gasteiger partial charge is 0.496 e. The zero-order valence-corrected chi connectivity index (χ0v) is 13.5. The van der Waals surface area contributed by atoms with Crippen LogP contribution >= 0.6 is 0 Å². The van der Waals surface area contributed by atoms with Crippen molar-refractivity contribution in [3.8, 4) is 5.75 Å². The van der Waals surface area contributed by atoms with Crippen molar-refractivity contribution in [1.82, 2.24) is 4.98 Å². The lowest BCUT2D eigenvalue weighted by molar-refractivity contribution is -0.384. The Morgan fingerprint density at radius 1 is 1.24 bits per heavy atom. The highest BCUT2D eigenvalue weighted by Gasteiger charge is 2.19. The summed E-state index contributed by atoms with van der Waals surface area (Å²) in [6.45, 7) is 1.83. The van der Waals surface area contributed by atoms with Gasteiger partial charge in [-0.15, -0.1) is 0 Å². The highest BCUT2D eigenvalue weighted by molar-refractivity contribution is 6.04. The lowest BCUT2D eigenvalue weighted by atomic mass is 10.2. The average molecular weight is 345 g/mol. The summed E-state index contributed by atoms with van der Waals surface area (Å²) in [5, 5.41) is 13.6. The number of carbonyl (C=O) groups is 2. The quantitative estimate of drug-likeness (QED) is 0.485. The predicted octanol–water partition coefficient (Wildman–Crippen LogP) is 2.43. The average Bonchev–Trinajstić information content (AvgIpc) is 2.62. The molecule has 130 valence electrons. The fourth-order valence-electron chi connectivity index (χ4n) is 1.96. The van der Waals surface area contributed by atoms with E-state index in [0.29, 0.717) is 0 Å². The molecule has 9 heteroatoms. The molecule has 1 N–H and O–H groups in total. The Hall–Kier alpha value is -3.49. The van der Waals surface area contributed by atoms with E-state index in [2.05, 4.69) is 10.3 Å². The Morgan fingerprint density at radius 2 is 1.96 bits per heavy atom. The molecule has 2 aromatic rings. The maximum Gasteiger partial charge on any atom is 0.356 e. The van der Waals surface area contributed by atoms with Crippen LogP contribution in [0, 0.1) is 10.1 Å². The molecule has 9 nitrogen and oxygen atoms in total. The zero-order chi connectivity index (χ0) is 18.4. The smallest absolute Gasteiger partial charge is 0.356 e. The van der Waals surface area contributed by atoms with Gasteiger partial charge < -0.3 is 14.8 Å². The topological polar surface area (TPSA) is 121 Å². The molecule has 0 spiro atoms. The Kier molecular flexibility index (Phi) is 5.62. The second kappa shape index (κ2) is 7.86. The van der Waals surface area contributed by atoms with Crippen molar-refractivity contribution in [2.24, 2.45) is 0 Å². The van der Waals surface area contributed by atoms with Crippen LogP contribution in [0.2, 0.25) is 0 Å². The summed E-state index contributed by atoms with van der Waals surface area (Å²) < 4.78 is 9.75. The van der Waals surface area contributed by atoms with Crippen molar-refractivity contribution in [2.45, 2.75) is 6.92 Å². The summed E-state index contributed by atoms with van der Waals surface area (Å²) in [6.07, 6.45) is 0. The number of rotatable bonds is 6. The van der Waals surface area contributed by atoms with Gasteiger partial charge in [0.15, 0.2) is 0 Å². The molecule has 0 fully saturated rings. The minimum Gasteiger partial charge on any atom is -0.496 e. The van der Waals surface area contributed by atoms with Gasteiger partial charge in [-0.2, -0.15) is 0 Å². The van der Waals surface area contributed by atoms with Crippen molar-refractivity contribution in [2.75, 3.05) is 19.0 Å². The van der Waals surface area contributed by atoms with Gasteiger partial charge >= 0.3 is 5.97 Å². The number of carbonyl (C=O) groups excluding carboxylic acids is 2. The third-order valence-corrected chi connectivity index (χ3v) is 3.12. The normalized spacial score (nSPS) is 10.0. The minimum atomic E-state index is -0.695. The number of nitro benzene ring substituents is 1. The van der Waals surface area contributed by atoms with Gasteiger partial charge in [0.25, 0.3) is 11.6 Å². The molecule has 0 saturated carbocycles. The molecule has 0 bridgehead atoms. The number of hydrogen-bond acceptors (Lipinski definition) is 7. The third-order valence-electron chi connectivity index (χ3n) is 3.12. The van der Waals surface area contributed by atoms with Crippen LogP contribution in [0.25, 0.3) is 0 Å². The van der Waals surface area contributed by atoms with Crippen molar-refractivity contribution < 1.29 is 24.0 Å². The van der Waals surface area contributed by atoms with Crippen LogP contribution in [0.4, 0.5) is 11.4 Å². The number of hydrogen-bond donors (Lipinski definition) is 1. The van der Waals surface area contributed by atoms with Crippen LogP contribution in [0.3, 0.4) is 0 Å². The van der Waals surface area contributed by atoms with Crippen LogP contribution < -0.4 is 10.1 Å². The number of nitrogens with zero attached hydrogens (tertiary/aromatic N) is 2. The number of benzene rings is 1. The third kappa shape index (κ3) is 4.28. The highest BCUT2D eigenvalue weighted by Crippen LogP contribution is 2.29. The van der Waals surface area contributed by atoms with Crippen molar-refractivity contribution in [1.29, 1.82) is 0 Å². The van der Waals surface area contributed by atoms with E-state index in [1.807, 2.05) is 0 Å². The van der Waals surface area contributed by atoms with Crippen molar-refractivity contribution in [3.05, 3.63) is 57.9 Å². The molecule has 1 amide bonds. The molecule has 25 heavy (non-hydrogen) atoms. The van der Waals surface area contributed by atoms with Gasteiger partial charge in [0.2, 0.25) is 0 Å². The van der Waals surface area contributed by atoms with E-state index in [0.717, 1.165) is 0 Å². The fourth-order valence-corrected chi connectivity index (χ4v) is 1.96. The van der Waals surface area contributed by atoms with Gasteiger partial charge in [-0.05, 0) is 31.2 Å². The Labute approximate surface area is 142 Å². The number of nitro groups is 1. The van der Waals surface area contributed by atoms with Crippen LogP contribution in [0.1, 0.15) is 27.9 Å². The molecule has 1 aromatic carbocycles. The van der Waals surface area contributed by atoms with E-state index >= 15 is 0 Å². The molecule has 2 rings (SSSR count). The summed E-state index contributed by atoms with van der Waals surface area (Å²) in [7, 11) is 1.38. The molecular weight excluding hydrogens is 330 g/mol. The fraction of sp³-hybridized carbons (Fsp3) is 0.188. The van der Waals surface area contributed by atoms with Crippen LogP contribution in [0.15, 0.2) is 36.4 Å². The lowest BCUT2D eigenvalue weighted by Crippen LogP contribution is -2.17. The first-order chi connectivity index (χ1) is 12.0.